The number of amides is 1. The van der Waals surface area contributed by atoms with Gasteiger partial charge in [0.2, 0.25) is 5.91 Å². The van der Waals surface area contributed by atoms with Crippen LogP contribution in [0.25, 0.3) is 0 Å². The zero-order chi connectivity index (χ0) is 19.4. The maximum absolute atomic E-state index is 13.1. The number of nitrogens with zero attached hydrogens (tertiary/aromatic N) is 2. The standard InChI is InChI=1S/C21H28Cl2N2O2/c1-15(26)12-17(13-16-4-2-3-5-16)21(27)25-10-8-24(9-11-25)18-6-7-19(22)20(23)14-18/h6-7,14,16-17H,2-5,8-13H2,1H3/t17-/m0/s1. The highest BCUT2D eigenvalue weighted by Gasteiger charge is 2.31. The first-order valence-electron chi connectivity index (χ1n) is 9.92. The maximum Gasteiger partial charge on any atom is 0.226 e. The molecule has 148 valence electrons. The molecule has 4 nitrogen and oxygen atoms in total. The first kappa shape index (κ1) is 20.5. The lowest BCUT2D eigenvalue weighted by atomic mass is 9.88. The summed E-state index contributed by atoms with van der Waals surface area (Å²) in [7, 11) is 0. The Morgan fingerprint density at radius 3 is 2.33 bits per heavy atom. The summed E-state index contributed by atoms with van der Waals surface area (Å²) in [5.74, 6) is 0.726. The molecular formula is C21H28Cl2N2O2. The fourth-order valence-electron chi connectivity index (χ4n) is 4.39. The van der Waals surface area contributed by atoms with E-state index in [1.807, 2.05) is 17.0 Å². The van der Waals surface area contributed by atoms with Crippen molar-refractivity contribution >= 4 is 40.6 Å². The highest BCUT2D eigenvalue weighted by atomic mass is 35.5. The van der Waals surface area contributed by atoms with Gasteiger partial charge in [-0.25, -0.2) is 0 Å². The number of hydrogen-bond donors (Lipinski definition) is 0. The molecule has 0 aromatic heterocycles. The lowest BCUT2D eigenvalue weighted by Gasteiger charge is -2.38. The zero-order valence-electron chi connectivity index (χ0n) is 15.9. The zero-order valence-corrected chi connectivity index (χ0v) is 17.4. The predicted octanol–water partition coefficient (Wildman–Crippen LogP) is 4.82. The van der Waals surface area contributed by atoms with E-state index < -0.39 is 0 Å². The highest BCUT2D eigenvalue weighted by Crippen LogP contribution is 2.33. The average molecular weight is 411 g/mol. The molecule has 6 heteroatoms. The van der Waals surface area contributed by atoms with Crippen LogP contribution in [0.1, 0.15) is 45.4 Å². The quantitative estimate of drug-likeness (QED) is 0.674. The number of carbonyl (C=O) groups excluding carboxylic acids is 2. The second-order valence-corrected chi connectivity index (χ2v) is 8.71. The van der Waals surface area contributed by atoms with Crippen molar-refractivity contribution in [2.75, 3.05) is 31.1 Å². The van der Waals surface area contributed by atoms with Crippen LogP contribution in [0.2, 0.25) is 10.0 Å². The van der Waals surface area contributed by atoms with E-state index >= 15 is 0 Å². The van der Waals surface area contributed by atoms with Crippen LogP contribution < -0.4 is 4.90 Å². The first-order valence-corrected chi connectivity index (χ1v) is 10.7. The number of Topliss-reactive ketones (excluding diaryl/α,β-unsaturated/α-hetero) is 1. The summed E-state index contributed by atoms with van der Waals surface area (Å²) in [6, 6.07) is 5.64. The molecule has 1 amide bonds. The van der Waals surface area contributed by atoms with Crippen molar-refractivity contribution in [1.29, 1.82) is 0 Å². The number of halogens is 2. The summed E-state index contributed by atoms with van der Waals surface area (Å²) in [6.07, 6.45) is 6.16. The number of benzene rings is 1. The van der Waals surface area contributed by atoms with E-state index in [0.717, 1.165) is 25.2 Å². The van der Waals surface area contributed by atoms with Crippen molar-refractivity contribution in [2.24, 2.45) is 11.8 Å². The number of piperazine rings is 1. The Kier molecular flexibility index (Phi) is 7.04. The molecule has 0 bridgehead atoms. The molecule has 0 unspecified atom stereocenters. The van der Waals surface area contributed by atoms with Crippen molar-refractivity contribution in [2.45, 2.75) is 45.4 Å². The van der Waals surface area contributed by atoms with Crippen LogP contribution in [-0.4, -0.2) is 42.8 Å². The second kappa shape index (κ2) is 9.29. The Morgan fingerprint density at radius 2 is 1.74 bits per heavy atom. The van der Waals surface area contributed by atoms with Gasteiger partial charge in [0, 0.05) is 44.2 Å². The molecule has 0 spiro atoms. The average Bonchev–Trinajstić information content (AvgIpc) is 3.16. The van der Waals surface area contributed by atoms with E-state index in [1.165, 1.54) is 25.7 Å². The van der Waals surface area contributed by atoms with Crippen LogP contribution in [0.3, 0.4) is 0 Å². The molecule has 1 aliphatic carbocycles. The molecule has 1 atom stereocenters. The normalized spacial score (nSPS) is 19.4. The molecule has 3 rings (SSSR count). The van der Waals surface area contributed by atoms with Gasteiger partial charge < -0.3 is 14.6 Å². The van der Waals surface area contributed by atoms with Crippen molar-refractivity contribution in [3.8, 4) is 0 Å². The lowest BCUT2D eigenvalue weighted by molar-refractivity contribution is -0.138. The predicted molar refractivity (Wildman–Crippen MR) is 111 cm³/mol. The maximum atomic E-state index is 13.1. The molecule has 2 aliphatic rings. The van der Waals surface area contributed by atoms with Crippen LogP contribution >= 0.6 is 23.2 Å². The van der Waals surface area contributed by atoms with Gasteiger partial charge in [0.05, 0.1) is 10.0 Å². The molecular weight excluding hydrogens is 383 g/mol. The topological polar surface area (TPSA) is 40.6 Å². The molecule has 1 saturated carbocycles. The highest BCUT2D eigenvalue weighted by molar-refractivity contribution is 6.42. The fourth-order valence-corrected chi connectivity index (χ4v) is 4.68. The van der Waals surface area contributed by atoms with E-state index in [9.17, 15) is 9.59 Å². The lowest BCUT2D eigenvalue weighted by Crippen LogP contribution is -2.50. The number of rotatable bonds is 6. The first-order chi connectivity index (χ1) is 12.9. The summed E-state index contributed by atoms with van der Waals surface area (Å²) in [5.41, 5.74) is 1.03. The van der Waals surface area contributed by atoms with E-state index in [-0.39, 0.29) is 17.6 Å². The van der Waals surface area contributed by atoms with Gasteiger partial charge in [-0.3, -0.25) is 4.79 Å². The molecule has 1 aliphatic heterocycles. The van der Waals surface area contributed by atoms with Gasteiger partial charge in [-0.15, -0.1) is 0 Å². The Labute approximate surface area is 171 Å². The van der Waals surface area contributed by atoms with Crippen LogP contribution in [0, 0.1) is 11.8 Å². The molecule has 1 aromatic carbocycles. The second-order valence-electron chi connectivity index (χ2n) is 7.90. The van der Waals surface area contributed by atoms with E-state index in [4.69, 9.17) is 23.2 Å². The third-order valence-electron chi connectivity index (χ3n) is 5.84. The van der Waals surface area contributed by atoms with E-state index in [1.54, 1.807) is 13.0 Å². The Balaban J connectivity index is 1.59. The molecule has 1 heterocycles. The molecule has 27 heavy (non-hydrogen) atoms. The Hall–Kier alpha value is -1.26. The summed E-state index contributed by atoms with van der Waals surface area (Å²) in [4.78, 5) is 29.0. The third kappa shape index (κ3) is 5.39. The van der Waals surface area contributed by atoms with E-state index in [2.05, 4.69) is 4.90 Å². The van der Waals surface area contributed by atoms with Gasteiger partial charge >= 0.3 is 0 Å². The number of carbonyl (C=O) groups is 2. The molecule has 0 radical (unpaired) electrons. The van der Waals surface area contributed by atoms with Gasteiger partial charge in [0.15, 0.2) is 0 Å². The van der Waals surface area contributed by atoms with Crippen LogP contribution in [0.5, 0.6) is 0 Å². The Bertz CT molecular complexity index is 681. The van der Waals surface area contributed by atoms with Crippen LogP contribution in [-0.2, 0) is 9.59 Å². The minimum absolute atomic E-state index is 0.112. The molecule has 1 aromatic rings. The largest absolute Gasteiger partial charge is 0.368 e. The number of anilines is 1. The smallest absolute Gasteiger partial charge is 0.226 e. The van der Waals surface area contributed by atoms with Crippen molar-refractivity contribution < 1.29 is 9.59 Å². The van der Waals surface area contributed by atoms with Gasteiger partial charge in [-0.1, -0.05) is 48.9 Å². The summed E-state index contributed by atoms with van der Waals surface area (Å²) in [5, 5.41) is 1.10. The van der Waals surface area contributed by atoms with Gasteiger partial charge in [-0.05, 0) is 37.5 Å². The Morgan fingerprint density at radius 1 is 1.07 bits per heavy atom. The molecule has 2 fully saturated rings. The SMILES string of the molecule is CC(=O)C[C@@H](CC1CCCC1)C(=O)N1CCN(c2ccc(Cl)c(Cl)c2)CC1. The van der Waals surface area contributed by atoms with Crippen molar-refractivity contribution in [1.82, 2.24) is 4.90 Å². The van der Waals surface area contributed by atoms with Crippen LogP contribution in [0.15, 0.2) is 18.2 Å². The summed E-state index contributed by atoms with van der Waals surface area (Å²) in [6.45, 7) is 4.48. The molecule has 1 saturated heterocycles. The minimum Gasteiger partial charge on any atom is -0.368 e. The number of hydrogen-bond acceptors (Lipinski definition) is 3. The third-order valence-corrected chi connectivity index (χ3v) is 6.57. The number of ketones is 1. The minimum atomic E-state index is -0.151. The monoisotopic (exact) mass is 410 g/mol. The van der Waals surface area contributed by atoms with Gasteiger partial charge in [-0.2, -0.15) is 0 Å². The van der Waals surface area contributed by atoms with Crippen molar-refractivity contribution in [3.05, 3.63) is 28.2 Å². The van der Waals surface area contributed by atoms with Crippen LogP contribution in [0.4, 0.5) is 5.69 Å². The van der Waals surface area contributed by atoms with Crippen molar-refractivity contribution in [3.63, 3.8) is 0 Å². The van der Waals surface area contributed by atoms with Gasteiger partial charge in [0.25, 0.3) is 0 Å². The molecule has 0 N–H and O–H groups in total. The van der Waals surface area contributed by atoms with E-state index in [0.29, 0.717) is 35.5 Å². The fraction of sp³-hybridized carbons (Fsp3) is 0.619. The summed E-state index contributed by atoms with van der Waals surface area (Å²) >= 11 is 12.1. The summed E-state index contributed by atoms with van der Waals surface area (Å²) < 4.78 is 0. The van der Waals surface area contributed by atoms with Gasteiger partial charge in [0.1, 0.15) is 5.78 Å².